The highest BCUT2D eigenvalue weighted by atomic mass is 32.2. The topological polar surface area (TPSA) is 228 Å². The number of rotatable bonds is 11. The van der Waals surface area contributed by atoms with Gasteiger partial charge in [0.15, 0.2) is 10.8 Å². The van der Waals surface area contributed by atoms with Crippen molar-refractivity contribution in [3.05, 3.63) is 22.3 Å². The molecule has 2 aromatic rings. The van der Waals surface area contributed by atoms with Crippen LogP contribution in [0.15, 0.2) is 27.0 Å². The lowest BCUT2D eigenvalue weighted by Gasteiger charge is -2.49. The van der Waals surface area contributed by atoms with Gasteiger partial charge in [0, 0.05) is 16.9 Å². The maximum atomic E-state index is 13.0. The van der Waals surface area contributed by atoms with E-state index >= 15 is 0 Å². The number of aromatic nitrogens is 5. The summed E-state index contributed by atoms with van der Waals surface area (Å²) in [5, 5.41) is 37.1. The molecule has 4 heterocycles. The number of fused-ring (bicyclic) bond motifs is 1. The Morgan fingerprint density at radius 2 is 2.18 bits per heavy atom. The van der Waals surface area contributed by atoms with Crippen LogP contribution in [0, 0.1) is 12.3 Å². The van der Waals surface area contributed by atoms with Gasteiger partial charge in [-0.2, -0.15) is 0 Å². The van der Waals surface area contributed by atoms with Gasteiger partial charge in [-0.15, -0.1) is 34.6 Å². The minimum absolute atomic E-state index is 0.0212. The van der Waals surface area contributed by atoms with Crippen LogP contribution in [-0.4, -0.2) is 99.3 Å². The first-order valence-corrected chi connectivity index (χ1v) is 13.3. The Morgan fingerprint density at radius 1 is 1.39 bits per heavy atom. The van der Waals surface area contributed by atoms with Crippen LogP contribution in [0.2, 0.25) is 0 Å². The second-order valence-corrected chi connectivity index (χ2v) is 10.3. The summed E-state index contributed by atoms with van der Waals surface area (Å²) in [7, 11) is 0. The van der Waals surface area contributed by atoms with E-state index in [4.69, 9.17) is 17.3 Å². The number of terminal acetylenes is 1. The summed E-state index contributed by atoms with van der Waals surface area (Å²) in [6, 6.07) is -1.07. The molecule has 19 heteroatoms. The zero-order valence-corrected chi connectivity index (χ0v) is 21.5. The van der Waals surface area contributed by atoms with Crippen molar-refractivity contribution in [2.24, 2.45) is 5.16 Å². The third-order valence-corrected chi connectivity index (χ3v) is 8.03. The van der Waals surface area contributed by atoms with Crippen LogP contribution in [0.4, 0.5) is 5.13 Å². The lowest BCUT2D eigenvalue weighted by molar-refractivity contribution is -0.150. The van der Waals surface area contributed by atoms with Crippen molar-refractivity contribution in [3.8, 4) is 12.3 Å². The number of β-lactam (4-membered cyclic amide) rings is 1. The second-order valence-electron chi connectivity index (χ2n) is 7.41. The number of hydrogen-bond donors (Lipinski definition) is 4. The van der Waals surface area contributed by atoms with Crippen molar-refractivity contribution in [1.29, 1.82) is 0 Å². The van der Waals surface area contributed by atoms with Crippen molar-refractivity contribution < 1.29 is 34.2 Å². The van der Waals surface area contributed by atoms with Crippen LogP contribution in [0.25, 0.3) is 0 Å². The molecule has 16 nitrogen and oxygen atoms in total. The van der Waals surface area contributed by atoms with Crippen molar-refractivity contribution in [2.45, 2.75) is 23.1 Å². The molecule has 1 saturated heterocycles. The number of nitrogen functional groups attached to an aromatic ring is 1. The number of carbonyl (C=O) groups is 4. The van der Waals surface area contributed by atoms with E-state index in [9.17, 15) is 24.3 Å². The maximum absolute atomic E-state index is 13.0. The molecular weight excluding hydrogens is 562 g/mol. The zero-order chi connectivity index (χ0) is 27.4. The van der Waals surface area contributed by atoms with Crippen LogP contribution in [0.5, 0.6) is 0 Å². The Kier molecular flexibility index (Phi) is 8.13. The lowest BCUT2D eigenvalue weighted by atomic mass is 10.0. The van der Waals surface area contributed by atoms with Crippen molar-refractivity contribution in [1.82, 2.24) is 35.4 Å². The Morgan fingerprint density at radius 3 is 2.84 bits per heavy atom. The number of anilines is 1. The Bertz CT molecular complexity index is 1400. The van der Waals surface area contributed by atoms with E-state index in [0.29, 0.717) is 10.7 Å². The van der Waals surface area contributed by atoms with Gasteiger partial charge in [-0.1, -0.05) is 22.8 Å². The van der Waals surface area contributed by atoms with E-state index in [1.807, 2.05) is 0 Å². The van der Waals surface area contributed by atoms with Crippen LogP contribution in [-0.2, 0) is 30.6 Å². The Hall–Kier alpha value is -4.15. The molecule has 2 unspecified atom stereocenters. The molecule has 2 atom stereocenters. The number of amides is 2. The number of oxime groups is 1. The first-order chi connectivity index (χ1) is 18.2. The summed E-state index contributed by atoms with van der Waals surface area (Å²) in [4.78, 5) is 58.5. The fourth-order valence-electron chi connectivity index (χ4n) is 3.39. The highest BCUT2D eigenvalue weighted by Gasteiger charge is 2.54. The predicted octanol–water partition coefficient (Wildman–Crippen LogP) is -1.32. The summed E-state index contributed by atoms with van der Waals surface area (Å²) in [6.45, 7) is -0.670. The highest BCUT2D eigenvalue weighted by Crippen LogP contribution is 2.41. The van der Waals surface area contributed by atoms with Crippen LogP contribution >= 0.6 is 34.9 Å². The van der Waals surface area contributed by atoms with Gasteiger partial charge >= 0.3 is 11.9 Å². The molecule has 1 fully saturated rings. The van der Waals surface area contributed by atoms with Gasteiger partial charge in [-0.25, -0.2) is 19.3 Å². The molecule has 2 aliphatic rings. The molecule has 0 bridgehead atoms. The molecule has 198 valence electrons. The quantitative estimate of drug-likeness (QED) is 0.0796. The first kappa shape index (κ1) is 26.9. The van der Waals surface area contributed by atoms with Gasteiger partial charge in [0.2, 0.25) is 11.8 Å². The number of hydrogen-bond acceptors (Lipinski definition) is 14. The van der Waals surface area contributed by atoms with Gasteiger partial charge in [-0.3, -0.25) is 14.5 Å². The summed E-state index contributed by atoms with van der Waals surface area (Å²) in [5.74, 6) is -1.26. The second kappa shape index (κ2) is 11.5. The van der Waals surface area contributed by atoms with Crippen molar-refractivity contribution >= 4 is 69.5 Å². The first-order valence-electron chi connectivity index (χ1n) is 10.4. The third kappa shape index (κ3) is 5.56. The zero-order valence-electron chi connectivity index (χ0n) is 19.0. The average molecular weight is 580 g/mol. The minimum Gasteiger partial charge on any atom is -0.479 e. The SMILES string of the molecule is C#CCn1nnnc1SCC1=C(C(=O)O)N2C(=O)C(NC(=O)/C(=N/OCC(=O)O)c3csc(N)n3)C2SC1. The Balaban J connectivity index is 1.49. The van der Waals surface area contributed by atoms with Crippen LogP contribution < -0.4 is 11.1 Å². The maximum Gasteiger partial charge on any atom is 0.352 e. The van der Waals surface area contributed by atoms with Gasteiger partial charge < -0.3 is 26.1 Å². The Labute approximate surface area is 225 Å². The van der Waals surface area contributed by atoms with Gasteiger partial charge in [0.1, 0.15) is 29.4 Å². The number of thioether (sulfide) groups is 2. The largest absolute Gasteiger partial charge is 0.479 e. The number of carboxylic acid groups (broad SMARTS) is 2. The van der Waals surface area contributed by atoms with E-state index in [2.05, 4.69) is 41.7 Å². The average Bonchev–Trinajstić information content (AvgIpc) is 3.51. The molecule has 0 radical (unpaired) electrons. The smallest absolute Gasteiger partial charge is 0.352 e. The van der Waals surface area contributed by atoms with E-state index in [1.165, 1.54) is 33.6 Å². The number of carbonyl (C=O) groups excluding carboxylic acids is 2. The standard InChI is InChI=1S/C19H17N9O7S3/c1-2-3-27-19(23-25-26-27)38-6-8-5-36-16-12(15(32)28(16)13(8)17(33)34)22-14(31)11(24-35-4-10(29)30)9-7-37-18(20)21-9/h1,7,12,16H,3-6H2,(H2,20,21)(H,22,31)(H,29,30)(H,33,34)/b24-11+. The number of aliphatic carboxylic acids is 2. The normalized spacial score (nSPS) is 18.9. The summed E-state index contributed by atoms with van der Waals surface area (Å²) >= 11 is 3.46. The summed E-state index contributed by atoms with van der Waals surface area (Å²) in [6.07, 6.45) is 5.30. The number of thiazole rings is 1. The fourth-order valence-corrected chi connectivity index (χ4v) is 6.30. The van der Waals surface area contributed by atoms with Gasteiger partial charge in [0.05, 0.1) is 0 Å². The number of nitrogens with zero attached hydrogens (tertiary/aromatic N) is 7. The molecule has 0 aliphatic carbocycles. The van der Waals surface area contributed by atoms with Gasteiger partial charge in [0.25, 0.3) is 11.8 Å². The molecule has 5 N–H and O–H groups in total. The molecule has 2 aliphatic heterocycles. The lowest BCUT2D eigenvalue weighted by Crippen LogP contribution is -2.71. The van der Waals surface area contributed by atoms with Crippen molar-refractivity contribution in [3.63, 3.8) is 0 Å². The number of nitrogens with two attached hydrogens (primary N) is 1. The molecule has 2 amide bonds. The summed E-state index contributed by atoms with van der Waals surface area (Å²) in [5.41, 5.74) is 5.54. The number of carboxylic acids is 2. The molecule has 0 spiro atoms. The van der Waals surface area contributed by atoms with Gasteiger partial charge in [-0.05, 0) is 16.0 Å². The van der Waals surface area contributed by atoms with Crippen molar-refractivity contribution in [2.75, 3.05) is 23.8 Å². The van der Waals surface area contributed by atoms with E-state index < -0.39 is 41.8 Å². The molecule has 38 heavy (non-hydrogen) atoms. The van der Waals surface area contributed by atoms with E-state index in [-0.39, 0.29) is 40.3 Å². The van der Waals surface area contributed by atoms with E-state index in [0.717, 1.165) is 16.2 Å². The minimum atomic E-state index is -1.32. The monoisotopic (exact) mass is 579 g/mol. The highest BCUT2D eigenvalue weighted by molar-refractivity contribution is 8.01. The number of tetrazole rings is 1. The molecular formula is C19H17N9O7S3. The molecule has 0 saturated carbocycles. The molecule has 0 aromatic carbocycles. The van der Waals surface area contributed by atoms with Crippen LogP contribution in [0.3, 0.4) is 0 Å². The molecule has 2 aromatic heterocycles. The molecule has 4 rings (SSSR count). The fraction of sp³-hybridized carbons (Fsp3) is 0.316. The predicted molar refractivity (Wildman–Crippen MR) is 134 cm³/mol. The van der Waals surface area contributed by atoms with E-state index in [1.54, 1.807) is 0 Å². The number of nitrogens with one attached hydrogen (secondary N) is 1. The van der Waals surface area contributed by atoms with Crippen LogP contribution in [0.1, 0.15) is 5.69 Å². The summed E-state index contributed by atoms with van der Waals surface area (Å²) < 4.78 is 1.39. The third-order valence-electron chi connectivity index (χ3n) is 4.98.